The Kier molecular flexibility index (Phi) is 3.36. The van der Waals surface area contributed by atoms with Crippen molar-refractivity contribution in [3.8, 4) is 0 Å². The molecule has 2 rings (SSSR count). The van der Waals surface area contributed by atoms with Gasteiger partial charge in [0.2, 0.25) is 0 Å². The zero-order valence-electron chi connectivity index (χ0n) is 9.77. The highest BCUT2D eigenvalue weighted by Gasteiger charge is 2.09. The summed E-state index contributed by atoms with van der Waals surface area (Å²) in [4.78, 5) is 4.42. The Labute approximate surface area is 99.3 Å². The number of hydrogen-bond donors (Lipinski definition) is 1. The van der Waals surface area contributed by atoms with Crippen LogP contribution >= 0.6 is 11.3 Å². The molecule has 1 atom stereocenters. The van der Waals surface area contributed by atoms with E-state index >= 15 is 0 Å². The molecule has 5 heteroatoms. The molecule has 0 aromatic carbocycles. The molecular formula is C11H16N4S. The minimum Gasteiger partial charge on any atom is -0.302 e. The van der Waals surface area contributed by atoms with E-state index in [-0.39, 0.29) is 6.04 Å². The van der Waals surface area contributed by atoms with Crippen molar-refractivity contribution in [2.24, 2.45) is 7.05 Å². The Morgan fingerprint density at radius 3 is 2.94 bits per heavy atom. The number of rotatable bonds is 4. The van der Waals surface area contributed by atoms with Gasteiger partial charge in [-0.1, -0.05) is 0 Å². The summed E-state index contributed by atoms with van der Waals surface area (Å²) in [7, 11) is 1.96. The molecular weight excluding hydrogens is 220 g/mol. The van der Waals surface area contributed by atoms with E-state index in [0.29, 0.717) is 0 Å². The van der Waals surface area contributed by atoms with Crippen LogP contribution in [0.2, 0.25) is 0 Å². The van der Waals surface area contributed by atoms with Gasteiger partial charge in [0.15, 0.2) is 0 Å². The molecule has 0 saturated carbocycles. The number of nitrogens with one attached hydrogen (secondary N) is 1. The zero-order chi connectivity index (χ0) is 11.5. The van der Waals surface area contributed by atoms with Crippen LogP contribution < -0.4 is 5.32 Å². The first-order chi connectivity index (χ1) is 7.66. The maximum Gasteiger partial charge on any atom is 0.107 e. The Hall–Kier alpha value is -1.20. The molecule has 0 amide bonds. The summed E-state index contributed by atoms with van der Waals surface area (Å²) in [5.41, 5.74) is 2.28. The monoisotopic (exact) mass is 236 g/mol. The van der Waals surface area contributed by atoms with Crippen LogP contribution in [0.5, 0.6) is 0 Å². The minimum atomic E-state index is 0.289. The van der Waals surface area contributed by atoms with E-state index in [2.05, 4.69) is 27.7 Å². The number of nitrogens with zero attached hydrogens (tertiary/aromatic N) is 3. The van der Waals surface area contributed by atoms with Crippen molar-refractivity contribution in [3.63, 3.8) is 0 Å². The quantitative estimate of drug-likeness (QED) is 0.883. The van der Waals surface area contributed by atoms with Crippen LogP contribution in [0.1, 0.15) is 29.4 Å². The van der Waals surface area contributed by atoms with Gasteiger partial charge in [0, 0.05) is 36.9 Å². The second-order valence-electron chi connectivity index (χ2n) is 3.86. The van der Waals surface area contributed by atoms with Crippen molar-refractivity contribution >= 4 is 11.3 Å². The lowest BCUT2D eigenvalue weighted by Gasteiger charge is -2.12. The third-order valence-corrected chi connectivity index (χ3v) is 3.50. The molecule has 0 aliphatic heterocycles. The molecule has 0 radical (unpaired) electrons. The molecule has 0 bridgehead atoms. The van der Waals surface area contributed by atoms with Crippen molar-refractivity contribution in [2.75, 3.05) is 0 Å². The topological polar surface area (TPSA) is 42.7 Å². The smallest absolute Gasteiger partial charge is 0.107 e. The largest absolute Gasteiger partial charge is 0.302 e. The van der Waals surface area contributed by atoms with Crippen LogP contribution in [-0.4, -0.2) is 14.8 Å². The van der Waals surface area contributed by atoms with Crippen LogP contribution in [0, 0.1) is 6.92 Å². The molecule has 1 N–H and O–H groups in total. The second-order valence-corrected chi connectivity index (χ2v) is 4.81. The Morgan fingerprint density at radius 1 is 1.56 bits per heavy atom. The van der Waals surface area contributed by atoms with Crippen LogP contribution in [0.4, 0.5) is 0 Å². The summed E-state index contributed by atoms with van der Waals surface area (Å²) in [6, 6.07) is 2.32. The summed E-state index contributed by atoms with van der Waals surface area (Å²) in [5.74, 6) is 0. The molecule has 0 fully saturated rings. The molecule has 1 unspecified atom stereocenters. The third kappa shape index (κ3) is 2.48. The Bertz CT molecular complexity index is 460. The first-order valence-electron chi connectivity index (χ1n) is 5.29. The van der Waals surface area contributed by atoms with Crippen LogP contribution in [-0.2, 0) is 13.6 Å². The van der Waals surface area contributed by atoms with E-state index < -0.39 is 0 Å². The normalized spacial score (nSPS) is 12.9. The van der Waals surface area contributed by atoms with Gasteiger partial charge in [-0.25, -0.2) is 4.98 Å². The van der Waals surface area contributed by atoms with Gasteiger partial charge >= 0.3 is 0 Å². The molecule has 4 nitrogen and oxygen atoms in total. The first-order valence-corrected chi connectivity index (χ1v) is 6.17. The van der Waals surface area contributed by atoms with Crippen molar-refractivity contribution in [2.45, 2.75) is 26.4 Å². The zero-order valence-corrected chi connectivity index (χ0v) is 10.6. The van der Waals surface area contributed by atoms with Crippen LogP contribution in [0.25, 0.3) is 0 Å². The lowest BCUT2D eigenvalue weighted by atomic mass is 10.2. The summed E-state index contributed by atoms with van der Waals surface area (Å²) in [5, 5.41) is 10.8. The molecule has 2 heterocycles. The highest BCUT2D eigenvalue weighted by molar-refractivity contribution is 7.09. The number of aromatic nitrogens is 3. The lowest BCUT2D eigenvalue weighted by molar-refractivity contribution is 0.529. The van der Waals surface area contributed by atoms with Crippen molar-refractivity contribution < 1.29 is 0 Å². The predicted octanol–water partition coefficient (Wildman–Crippen LogP) is 2.04. The van der Waals surface area contributed by atoms with Gasteiger partial charge in [-0.2, -0.15) is 5.10 Å². The summed E-state index contributed by atoms with van der Waals surface area (Å²) in [6.07, 6.45) is 1.82. The minimum absolute atomic E-state index is 0.289. The molecule has 86 valence electrons. The van der Waals surface area contributed by atoms with E-state index in [9.17, 15) is 0 Å². The number of thiazole rings is 1. The van der Waals surface area contributed by atoms with Gasteiger partial charge in [-0.3, -0.25) is 4.68 Å². The van der Waals surface area contributed by atoms with E-state index in [0.717, 1.165) is 17.2 Å². The molecule has 2 aromatic heterocycles. The van der Waals surface area contributed by atoms with Gasteiger partial charge in [-0.15, -0.1) is 11.3 Å². The van der Waals surface area contributed by atoms with Crippen LogP contribution in [0.3, 0.4) is 0 Å². The van der Waals surface area contributed by atoms with Gasteiger partial charge in [-0.05, 0) is 19.9 Å². The van der Waals surface area contributed by atoms with Gasteiger partial charge in [0.25, 0.3) is 0 Å². The average Bonchev–Trinajstić information content (AvgIpc) is 2.84. The van der Waals surface area contributed by atoms with Crippen molar-refractivity contribution in [1.82, 2.24) is 20.1 Å². The fourth-order valence-corrected chi connectivity index (χ4v) is 2.36. The maximum absolute atomic E-state index is 4.42. The summed E-state index contributed by atoms with van der Waals surface area (Å²) in [6.45, 7) is 4.97. The number of hydrogen-bond acceptors (Lipinski definition) is 4. The maximum atomic E-state index is 4.42. The van der Waals surface area contributed by atoms with Crippen molar-refractivity contribution in [3.05, 3.63) is 34.0 Å². The molecule has 2 aromatic rings. The highest BCUT2D eigenvalue weighted by Crippen LogP contribution is 2.13. The fraction of sp³-hybridized carbons (Fsp3) is 0.455. The van der Waals surface area contributed by atoms with Gasteiger partial charge in [0.1, 0.15) is 5.01 Å². The lowest BCUT2D eigenvalue weighted by Crippen LogP contribution is -2.20. The average molecular weight is 236 g/mol. The molecule has 0 saturated heterocycles. The standard InChI is InChI=1S/C11H16N4S/c1-8-7-16-11(14-8)6-12-9(2)10-4-5-13-15(10)3/h4-5,7,9,12H,6H2,1-3H3. The Morgan fingerprint density at radius 2 is 2.38 bits per heavy atom. The summed E-state index contributed by atoms with van der Waals surface area (Å²) >= 11 is 1.70. The van der Waals surface area contributed by atoms with E-state index in [4.69, 9.17) is 0 Å². The van der Waals surface area contributed by atoms with E-state index in [1.165, 1.54) is 5.69 Å². The molecule has 0 spiro atoms. The predicted molar refractivity (Wildman–Crippen MR) is 65.3 cm³/mol. The number of aryl methyl sites for hydroxylation is 2. The molecule has 0 aliphatic rings. The molecule has 16 heavy (non-hydrogen) atoms. The van der Waals surface area contributed by atoms with E-state index in [1.54, 1.807) is 11.3 Å². The second kappa shape index (κ2) is 4.76. The first kappa shape index (κ1) is 11.3. The highest BCUT2D eigenvalue weighted by atomic mass is 32.1. The van der Waals surface area contributed by atoms with Crippen LogP contribution in [0.15, 0.2) is 17.6 Å². The third-order valence-electron chi connectivity index (χ3n) is 2.53. The summed E-state index contributed by atoms with van der Waals surface area (Å²) < 4.78 is 1.89. The SMILES string of the molecule is Cc1csc(CNC(C)c2ccnn2C)n1. The Balaban J connectivity index is 1.93. The fourth-order valence-electron chi connectivity index (χ4n) is 1.64. The van der Waals surface area contributed by atoms with E-state index in [1.807, 2.05) is 30.9 Å². The van der Waals surface area contributed by atoms with Gasteiger partial charge < -0.3 is 5.32 Å². The molecule has 0 aliphatic carbocycles. The van der Waals surface area contributed by atoms with Gasteiger partial charge in [0.05, 0.1) is 5.69 Å². The van der Waals surface area contributed by atoms with Crippen molar-refractivity contribution in [1.29, 1.82) is 0 Å².